The van der Waals surface area contributed by atoms with Crippen molar-refractivity contribution >= 4 is 46.6 Å². The smallest absolute Gasteiger partial charge is 0.417 e. The van der Waals surface area contributed by atoms with Crippen LogP contribution >= 0.6 is 34.7 Å². The van der Waals surface area contributed by atoms with E-state index in [1.807, 2.05) is 4.90 Å². The van der Waals surface area contributed by atoms with Crippen molar-refractivity contribution in [2.24, 2.45) is 0 Å². The van der Waals surface area contributed by atoms with E-state index in [1.165, 1.54) is 29.2 Å². The van der Waals surface area contributed by atoms with Crippen LogP contribution in [0.2, 0.25) is 5.02 Å². The second kappa shape index (κ2) is 12.9. The molecule has 1 unspecified atom stereocenters. The van der Waals surface area contributed by atoms with Crippen molar-refractivity contribution in [1.82, 2.24) is 15.2 Å². The van der Waals surface area contributed by atoms with Crippen molar-refractivity contribution < 1.29 is 32.2 Å². The summed E-state index contributed by atoms with van der Waals surface area (Å²) in [5.41, 5.74) is 0.267. The molecule has 1 aliphatic rings. The SMILES string of the molecule is CCOC(=O)Cc1csc(SCC(=O)NCC2CN(Cc3ccc(Cl)c(C(F)(F)F)c3)CCO2)n1. The fourth-order valence-corrected chi connectivity index (χ4v) is 5.29. The quantitative estimate of drug-likeness (QED) is 0.353. The third-order valence-corrected chi connectivity index (χ3v) is 7.38. The first-order chi connectivity index (χ1) is 16.6. The predicted molar refractivity (Wildman–Crippen MR) is 128 cm³/mol. The number of rotatable bonds is 10. The minimum absolute atomic E-state index is 0.0974. The number of ether oxygens (including phenoxy) is 2. The number of hydrogen-bond donors (Lipinski definition) is 1. The van der Waals surface area contributed by atoms with E-state index in [9.17, 15) is 22.8 Å². The molecule has 1 amide bonds. The Morgan fingerprint density at radius 3 is 2.94 bits per heavy atom. The lowest BCUT2D eigenvalue weighted by atomic mass is 10.1. The third kappa shape index (κ3) is 8.94. The summed E-state index contributed by atoms with van der Waals surface area (Å²) in [6, 6.07) is 3.91. The number of hydrogen-bond acceptors (Lipinski definition) is 8. The molecule has 2 heterocycles. The summed E-state index contributed by atoms with van der Waals surface area (Å²) in [4.78, 5) is 30.1. The molecule has 1 aliphatic heterocycles. The van der Waals surface area contributed by atoms with E-state index in [1.54, 1.807) is 18.4 Å². The lowest BCUT2D eigenvalue weighted by molar-refractivity contribution is -0.142. The standard InChI is InChI=1S/C22H25ClF3N3O4S2/c1-2-32-20(31)8-15-12-34-21(28-15)35-13-19(30)27-9-16-11-29(5-6-33-16)10-14-3-4-18(23)17(7-14)22(24,25)26/h3-4,7,12,16H,2,5-6,8-11,13H2,1H3,(H,27,30). The summed E-state index contributed by atoms with van der Waals surface area (Å²) in [6.07, 6.45) is -4.69. The molecule has 0 saturated carbocycles. The van der Waals surface area contributed by atoms with Gasteiger partial charge in [0.25, 0.3) is 0 Å². The fraction of sp³-hybridized carbons (Fsp3) is 0.500. The van der Waals surface area contributed by atoms with Gasteiger partial charge in [0.1, 0.15) is 0 Å². The summed E-state index contributed by atoms with van der Waals surface area (Å²) in [7, 11) is 0. The molecule has 1 saturated heterocycles. The molecule has 0 bridgehead atoms. The number of esters is 1. The first-order valence-corrected chi connectivity index (χ1v) is 13.1. The highest BCUT2D eigenvalue weighted by Crippen LogP contribution is 2.35. The normalized spacial score (nSPS) is 16.8. The summed E-state index contributed by atoms with van der Waals surface area (Å²) in [5, 5.41) is 4.26. The zero-order valence-electron chi connectivity index (χ0n) is 18.9. The van der Waals surface area contributed by atoms with E-state index in [0.717, 1.165) is 6.07 Å². The molecule has 1 N–H and O–H groups in total. The number of carbonyl (C=O) groups is 2. The largest absolute Gasteiger partial charge is 0.466 e. The summed E-state index contributed by atoms with van der Waals surface area (Å²) in [5.74, 6) is -0.371. The molecular formula is C22H25ClF3N3O4S2. The third-order valence-electron chi connectivity index (χ3n) is 4.98. The van der Waals surface area contributed by atoms with Crippen molar-refractivity contribution in [1.29, 1.82) is 0 Å². The van der Waals surface area contributed by atoms with Gasteiger partial charge in [-0.15, -0.1) is 11.3 Å². The number of alkyl halides is 3. The Bertz CT molecular complexity index is 1020. The summed E-state index contributed by atoms with van der Waals surface area (Å²) in [6.45, 7) is 4.12. The maximum Gasteiger partial charge on any atom is 0.417 e. The molecule has 35 heavy (non-hydrogen) atoms. The van der Waals surface area contributed by atoms with Crippen LogP contribution in [0.25, 0.3) is 0 Å². The molecule has 0 radical (unpaired) electrons. The number of aromatic nitrogens is 1. The van der Waals surface area contributed by atoms with Gasteiger partial charge in [0.05, 0.1) is 47.8 Å². The van der Waals surface area contributed by atoms with Crippen LogP contribution in [0.15, 0.2) is 27.9 Å². The molecule has 3 rings (SSSR count). The van der Waals surface area contributed by atoms with Gasteiger partial charge in [-0.2, -0.15) is 13.2 Å². The van der Waals surface area contributed by atoms with Gasteiger partial charge in [-0.05, 0) is 24.6 Å². The van der Waals surface area contributed by atoms with Gasteiger partial charge in [0.2, 0.25) is 5.91 Å². The molecule has 1 aromatic carbocycles. The zero-order chi connectivity index (χ0) is 25.4. The summed E-state index contributed by atoms with van der Waals surface area (Å²) < 4.78 is 50.6. The second-order valence-corrected chi connectivity index (χ2v) is 10.2. The van der Waals surface area contributed by atoms with Crippen LogP contribution in [-0.2, 0) is 38.2 Å². The number of nitrogens with zero attached hydrogens (tertiary/aromatic N) is 2. The van der Waals surface area contributed by atoms with E-state index < -0.39 is 11.7 Å². The van der Waals surface area contributed by atoms with Crippen LogP contribution < -0.4 is 5.32 Å². The second-order valence-electron chi connectivity index (χ2n) is 7.72. The number of halogens is 4. The van der Waals surface area contributed by atoms with Crippen LogP contribution in [0.1, 0.15) is 23.7 Å². The Kier molecular flexibility index (Phi) is 10.2. The minimum atomic E-state index is -4.51. The average Bonchev–Trinajstić information content (AvgIpc) is 3.24. The zero-order valence-corrected chi connectivity index (χ0v) is 21.3. The van der Waals surface area contributed by atoms with E-state index in [0.29, 0.717) is 48.4 Å². The van der Waals surface area contributed by atoms with Crippen LogP contribution in [-0.4, -0.2) is 66.5 Å². The molecular weight excluding hydrogens is 527 g/mol. The van der Waals surface area contributed by atoms with Gasteiger partial charge >= 0.3 is 12.1 Å². The van der Waals surface area contributed by atoms with E-state index in [2.05, 4.69) is 10.3 Å². The van der Waals surface area contributed by atoms with Crippen molar-refractivity contribution in [2.45, 2.75) is 36.5 Å². The molecule has 2 aromatic rings. The predicted octanol–water partition coefficient (Wildman–Crippen LogP) is 4.03. The Hall–Kier alpha value is -1.86. The van der Waals surface area contributed by atoms with Crippen molar-refractivity contribution in [3.63, 3.8) is 0 Å². The monoisotopic (exact) mass is 551 g/mol. The van der Waals surface area contributed by atoms with E-state index in [-0.39, 0.29) is 41.7 Å². The summed E-state index contributed by atoms with van der Waals surface area (Å²) >= 11 is 8.33. The van der Waals surface area contributed by atoms with Crippen LogP contribution in [0.5, 0.6) is 0 Å². The number of benzene rings is 1. The minimum Gasteiger partial charge on any atom is -0.466 e. The lowest BCUT2D eigenvalue weighted by Gasteiger charge is -2.33. The molecule has 1 atom stereocenters. The molecule has 1 fully saturated rings. The highest BCUT2D eigenvalue weighted by molar-refractivity contribution is 8.01. The number of thioether (sulfide) groups is 1. The fourth-order valence-electron chi connectivity index (χ4n) is 3.40. The highest BCUT2D eigenvalue weighted by atomic mass is 35.5. The molecule has 13 heteroatoms. The first-order valence-electron chi connectivity index (χ1n) is 10.8. The van der Waals surface area contributed by atoms with Crippen molar-refractivity contribution in [3.05, 3.63) is 45.4 Å². The van der Waals surface area contributed by atoms with E-state index in [4.69, 9.17) is 21.1 Å². The van der Waals surface area contributed by atoms with Crippen LogP contribution in [0.3, 0.4) is 0 Å². The van der Waals surface area contributed by atoms with Gasteiger partial charge in [-0.1, -0.05) is 29.4 Å². The van der Waals surface area contributed by atoms with Gasteiger partial charge in [-0.3, -0.25) is 14.5 Å². The lowest BCUT2D eigenvalue weighted by Crippen LogP contribution is -2.47. The number of carbonyl (C=O) groups excluding carboxylic acids is 2. The van der Waals surface area contributed by atoms with Crippen molar-refractivity contribution in [3.8, 4) is 0 Å². The Morgan fingerprint density at radius 2 is 2.20 bits per heavy atom. The maximum atomic E-state index is 13.1. The number of nitrogens with one attached hydrogen (secondary N) is 1. The first kappa shape index (κ1) is 27.7. The van der Waals surface area contributed by atoms with Gasteiger partial charge in [0.15, 0.2) is 4.34 Å². The topological polar surface area (TPSA) is 80.8 Å². The molecule has 7 nitrogen and oxygen atoms in total. The van der Waals surface area contributed by atoms with Crippen LogP contribution in [0, 0.1) is 0 Å². The van der Waals surface area contributed by atoms with Crippen LogP contribution in [0.4, 0.5) is 13.2 Å². The maximum absolute atomic E-state index is 13.1. The Morgan fingerprint density at radius 1 is 1.40 bits per heavy atom. The molecule has 0 aliphatic carbocycles. The highest BCUT2D eigenvalue weighted by Gasteiger charge is 2.33. The van der Waals surface area contributed by atoms with Gasteiger partial charge in [0, 0.05) is 31.6 Å². The Balaban J connectivity index is 1.42. The van der Waals surface area contributed by atoms with E-state index >= 15 is 0 Å². The molecule has 1 aromatic heterocycles. The van der Waals surface area contributed by atoms with Gasteiger partial charge in [-0.25, -0.2) is 4.98 Å². The number of amides is 1. The van der Waals surface area contributed by atoms with Gasteiger partial charge < -0.3 is 14.8 Å². The number of morpholine rings is 1. The average molecular weight is 552 g/mol. The van der Waals surface area contributed by atoms with Crippen molar-refractivity contribution in [2.75, 3.05) is 38.6 Å². The number of thiazole rings is 1. The molecule has 192 valence electrons. The Labute approximate surface area is 214 Å². The molecule has 0 spiro atoms.